The van der Waals surface area contributed by atoms with Crippen molar-refractivity contribution in [2.75, 3.05) is 10.5 Å². The smallest absolute Gasteiger partial charge is 0.263 e. The maximum absolute atomic E-state index is 12.4. The molecular formula is C13H9Cl2N3O2S. The number of halogens is 2. The number of hydrogen-bond acceptors (Lipinski definition) is 4. The number of nitrogen functional groups attached to an aromatic ring is 1. The molecule has 0 aromatic heterocycles. The lowest BCUT2D eigenvalue weighted by atomic mass is 10.2. The van der Waals surface area contributed by atoms with Crippen molar-refractivity contribution in [1.29, 1.82) is 5.26 Å². The van der Waals surface area contributed by atoms with Gasteiger partial charge in [0.1, 0.15) is 11.0 Å². The van der Waals surface area contributed by atoms with Crippen LogP contribution in [0.25, 0.3) is 0 Å². The Morgan fingerprint density at radius 3 is 2.48 bits per heavy atom. The molecule has 0 saturated carbocycles. The number of rotatable bonds is 3. The Morgan fingerprint density at radius 2 is 1.81 bits per heavy atom. The Kier molecular flexibility index (Phi) is 4.28. The molecule has 8 heteroatoms. The predicted octanol–water partition coefficient (Wildman–Crippen LogP) is 3.25. The minimum atomic E-state index is -3.99. The number of nitrogens with two attached hydrogens (primary N) is 1. The lowest BCUT2D eigenvalue weighted by Crippen LogP contribution is -2.15. The average molecular weight is 342 g/mol. The largest absolute Gasteiger partial charge is 0.396 e. The van der Waals surface area contributed by atoms with Crippen LogP contribution in [0, 0.1) is 11.3 Å². The molecule has 2 rings (SSSR count). The number of nitrogens with one attached hydrogen (secondary N) is 1. The van der Waals surface area contributed by atoms with Crippen molar-refractivity contribution in [3.8, 4) is 6.07 Å². The van der Waals surface area contributed by atoms with E-state index in [1.54, 1.807) is 12.1 Å². The molecule has 0 bridgehead atoms. The fraction of sp³-hybridized carbons (Fsp3) is 0. The Hall–Kier alpha value is -1.94. The highest BCUT2D eigenvalue weighted by Crippen LogP contribution is 2.34. The van der Waals surface area contributed by atoms with Gasteiger partial charge in [-0.2, -0.15) is 5.26 Å². The van der Waals surface area contributed by atoms with Crippen LogP contribution in [0.5, 0.6) is 0 Å². The van der Waals surface area contributed by atoms with Crippen molar-refractivity contribution in [2.45, 2.75) is 4.90 Å². The summed E-state index contributed by atoms with van der Waals surface area (Å²) in [6.07, 6.45) is 0. The van der Waals surface area contributed by atoms with Crippen LogP contribution in [0.3, 0.4) is 0 Å². The van der Waals surface area contributed by atoms with E-state index < -0.39 is 10.0 Å². The lowest BCUT2D eigenvalue weighted by molar-refractivity contribution is 0.601. The standard InChI is InChI=1S/C13H9Cl2N3O2S/c14-9-5-6-11(12(15)13(9)17)21(19,20)18-10-4-2-1-3-8(10)7-16/h1-6,18H,17H2. The van der Waals surface area contributed by atoms with Crippen molar-refractivity contribution in [2.24, 2.45) is 0 Å². The van der Waals surface area contributed by atoms with E-state index in [0.29, 0.717) is 0 Å². The molecule has 3 N–H and O–H groups in total. The monoisotopic (exact) mass is 341 g/mol. The van der Waals surface area contributed by atoms with E-state index in [0.717, 1.165) is 0 Å². The van der Waals surface area contributed by atoms with Gasteiger partial charge in [0, 0.05) is 0 Å². The summed E-state index contributed by atoms with van der Waals surface area (Å²) >= 11 is 11.7. The second-order valence-electron chi connectivity index (χ2n) is 4.04. The maximum Gasteiger partial charge on any atom is 0.263 e. The summed E-state index contributed by atoms with van der Waals surface area (Å²) in [5.74, 6) is 0. The Balaban J connectivity index is 2.50. The van der Waals surface area contributed by atoms with E-state index in [4.69, 9.17) is 34.2 Å². The molecule has 0 heterocycles. The van der Waals surface area contributed by atoms with Crippen LogP contribution in [0.4, 0.5) is 11.4 Å². The van der Waals surface area contributed by atoms with Crippen molar-refractivity contribution in [3.63, 3.8) is 0 Å². The van der Waals surface area contributed by atoms with Crippen molar-refractivity contribution >= 4 is 44.6 Å². The number of anilines is 2. The third-order valence-electron chi connectivity index (χ3n) is 2.67. The van der Waals surface area contributed by atoms with Crippen molar-refractivity contribution in [3.05, 3.63) is 52.0 Å². The van der Waals surface area contributed by atoms with E-state index in [2.05, 4.69) is 4.72 Å². The fourth-order valence-electron chi connectivity index (χ4n) is 1.63. The molecule has 0 fully saturated rings. The maximum atomic E-state index is 12.4. The van der Waals surface area contributed by atoms with Crippen LogP contribution in [0.2, 0.25) is 10.0 Å². The van der Waals surface area contributed by atoms with Crippen LogP contribution in [0.15, 0.2) is 41.3 Å². The molecule has 21 heavy (non-hydrogen) atoms. The summed E-state index contributed by atoms with van der Waals surface area (Å²) in [5, 5.41) is 8.97. The van der Waals surface area contributed by atoms with Gasteiger partial charge < -0.3 is 5.73 Å². The lowest BCUT2D eigenvalue weighted by Gasteiger charge is -2.12. The zero-order valence-corrected chi connectivity index (χ0v) is 12.8. The second kappa shape index (κ2) is 5.82. The molecule has 5 nitrogen and oxygen atoms in total. The normalized spacial score (nSPS) is 10.9. The number of para-hydroxylation sites is 1. The van der Waals surface area contributed by atoms with E-state index >= 15 is 0 Å². The highest BCUT2D eigenvalue weighted by molar-refractivity contribution is 7.92. The van der Waals surface area contributed by atoms with Gasteiger partial charge in [0.2, 0.25) is 0 Å². The first-order valence-electron chi connectivity index (χ1n) is 5.62. The van der Waals surface area contributed by atoms with Gasteiger partial charge in [-0.05, 0) is 24.3 Å². The molecule has 0 aliphatic rings. The number of nitriles is 1. The van der Waals surface area contributed by atoms with Gasteiger partial charge in [-0.3, -0.25) is 4.72 Å². The quantitative estimate of drug-likeness (QED) is 0.837. The first-order chi connectivity index (χ1) is 9.86. The Labute approximate surface area is 132 Å². The van der Waals surface area contributed by atoms with Crippen LogP contribution < -0.4 is 10.5 Å². The molecule has 2 aromatic carbocycles. The van der Waals surface area contributed by atoms with Crippen LogP contribution >= 0.6 is 23.2 Å². The zero-order chi connectivity index (χ0) is 15.6. The van der Waals surface area contributed by atoms with Gasteiger partial charge in [0.15, 0.2) is 0 Å². The van der Waals surface area contributed by atoms with Gasteiger partial charge in [-0.25, -0.2) is 8.42 Å². The molecule has 0 aliphatic heterocycles. The summed E-state index contributed by atoms with van der Waals surface area (Å²) in [4.78, 5) is -0.209. The fourth-order valence-corrected chi connectivity index (χ4v) is 3.47. The molecular weight excluding hydrogens is 333 g/mol. The van der Waals surface area contributed by atoms with E-state index in [1.807, 2.05) is 6.07 Å². The molecule has 0 unspecified atom stereocenters. The van der Waals surface area contributed by atoms with Gasteiger partial charge in [-0.15, -0.1) is 0 Å². The zero-order valence-electron chi connectivity index (χ0n) is 10.5. The van der Waals surface area contributed by atoms with Crippen LogP contribution in [-0.2, 0) is 10.0 Å². The van der Waals surface area contributed by atoms with Gasteiger partial charge in [-0.1, -0.05) is 35.3 Å². The third-order valence-corrected chi connectivity index (χ3v) is 4.93. The summed E-state index contributed by atoms with van der Waals surface area (Å²) < 4.78 is 27.0. The average Bonchev–Trinajstić information content (AvgIpc) is 2.44. The topological polar surface area (TPSA) is 96.0 Å². The first-order valence-corrected chi connectivity index (χ1v) is 7.86. The minimum absolute atomic E-state index is 0.0187. The van der Waals surface area contributed by atoms with Gasteiger partial charge in [0.25, 0.3) is 10.0 Å². The molecule has 0 aliphatic carbocycles. The highest BCUT2D eigenvalue weighted by Gasteiger charge is 2.21. The SMILES string of the molecule is N#Cc1ccccc1NS(=O)(=O)c1ccc(Cl)c(N)c1Cl. The minimum Gasteiger partial charge on any atom is -0.396 e. The molecule has 0 spiro atoms. The van der Waals surface area contributed by atoms with E-state index in [9.17, 15) is 8.42 Å². The Bertz CT molecular complexity index is 845. The number of benzene rings is 2. The molecule has 108 valence electrons. The summed E-state index contributed by atoms with van der Waals surface area (Å²) in [5.41, 5.74) is 5.95. The Morgan fingerprint density at radius 1 is 1.14 bits per heavy atom. The summed E-state index contributed by atoms with van der Waals surface area (Å²) in [7, 11) is -3.99. The number of sulfonamides is 1. The van der Waals surface area contributed by atoms with E-state index in [1.165, 1.54) is 24.3 Å². The predicted molar refractivity (Wildman–Crippen MR) is 82.8 cm³/mol. The van der Waals surface area contributed by atoms with Gasteiger partial charge >= 0.3 is 0 Å². The highest BCUT2D eigenvalue weighted by atomic mass is 35.5. The van der Waals surface area contributed by atoms with Crippen molar-refractivity contribution < 1.29 is 8.42 Å². The van der Waals surface area contributed by atoms with Crippen molar-refractivity contribution in [1.82, 2.24) is 0 Å². The van der Waals surface area contributed by atoms with Gasteiger partial charge in [0.05, 0.1) is 27.0 Å². The molecule has 0 amide bonds. The first kappa shape index (κ1) is 15.4. The van der Waals surface area contributed by atoms with Crippen LogP contribution in [0.1, 0.15) is 5.56 Å². The number of nitrogens with zero attached hydrogens (tertiary/aromatic N) is 1. The van der Waals surface area contributed by atoms with E-state index in [-0.39, 0.29) is 31.9 Å². The molecule has 2 aromatic rings. The summed E-state index contributed by atoms with van der Waals surface area (Å²) in [6, 6.07) is 10.7. The number of hydrogen-bond donors (Lipinski definition) is 2. The second-order valence-corrected chi connectivity index (χ2v) is 6.47. The third kappa shape index (κ3) is 3.05. The summed E-state index contributed by atoms with van der Waals surface area (Å²) in [6.45, 7) is 0. The molecule has 0 saturated heterocycles. The van der Waals surface area contributed by atoms with Crippen LogP contribution in [-0.4, -0.2) is 8.42 Å². The molecule has 0 radical (unpaired) electrons. The molecule has 0 atom stereocenters.